The Bertz CT molecular complexity index is 1010. The lowest BCUT2D eigenvalue weighted by molar-refractivity contribution is -0.127. The summed E-state index contributed by atoms with van der Waals surface area (Å²) in [5.74, 6) is -2.08. The van der Waals surface area contributed by atoms with E-state index >= 15 is 0 Å². The maximum Gasteiger partial charge on any atom is 0.248 e. The molecule has 154 valence electrons. The summed E-state index contributed by atoms with van der Waals surface area (Å²) >= 11 is 0. The van der Waals surface area contributed by atoms with Crippen LogP contribution >= 0.6 is 0 Å². The number of nitrogens with one attached hydrogen (secondary N) is 1. The smallest absolute Gasteiger partial charge is 0.248 e. The van der Waals surface area contributed by atoms with Crippen molar-refractivity contribution in [2.24, 2.45) is 5.73 Å². The van der Waals surface area contributed by atoms with Crippen molar-refractivity contribution >= 4 is 16.8 Å². The van der Waals surface area contributed by atoms with E-state index in [0.717, 1.165) is 42.1 Å². The van der Waals surface area contributed by atoms with Gasteiger partial charge in [0.05, 0.1) is 17.8 Å². The molecule has 29 heavy (non-hydrogen) atoms. The minimum Gasteiger partial charge on any atom is -0.393 e. The number of carbonyl (C=O) groups is 1. The Morgan fingerprint density at radius 1 is 1.14 bits per heavy atom. The third kappa shape index (κ3) is 4.44. The standard InChI is InChI=1S/C18H14F3N.C3H7NO3/c19-12-6-4-11(5-7-12)17-16(10-2-1-3-10)14-8-13(20)9-15(21)18(14)22-17;4-3(7)2(6)1-5/h4-10,22H,1-3H2;2,5-6H,1H2,(H2,4,7). The zero-order valence-corrected chi connectivity index (χ0v) is 15.5. The average Bonchev–Trinajstić information content (AvgIpc) is 3.00. The molecule has 1 unspecified atom stereocenters. The molecule has 0 spiro atoms. The Balaban J connectivity index is 0.000000298. The van der Waals surface area contributed by atoms with Gasteiger partial charge in [-0.15, -0.1) is 0 Å². The minimum atomic E-state index is -1.40. The van der Waals surface area contributed by atoms with Crippen LogP contribution in [0.4, 0.5) is 13.2 Å². The first-order valence-corrected chi connectivity index (χ1v) is 9.16. The van der Waals surface area contributed by atoms with Crippen LogP contribution in [-0.4, -0.2) is 33.8 Å². The molecule has 1 heterocycles. The van der Waals surface area contributed by atoms with E-state index in [1.54, 1.807) is 12.1 Å². The summed E-state index contributed by atoms with van der Waals surface area (Å²) in [6, 6.07) is 8.35. The minimum absolute atomic E-state index is 0.301. The molecule has 4 rings (SSSR count). The lowest BCUT2D eigenvalue weighted by atomic mass is 9.78. The molecular formula is C21H21F3N2O3. The Kier molecular flexibility index (Phi) is 6.24. The van der Waals surface area contributed by atoms with Crippen LogP contribution in [0.25, 0.3) is 22.2 Å². The Morgan fingerprint density at radius 2 is 1.79 bits per heavy atom. The van der Waals surface area contributed by atoms with Gasteiger partial charge in [0, 0.05) is 11.5 Å². The molecule has 1 aliphatic rings. The third-order valence-corrected chi connectivity index (χ3v) is 5.01. The van der Waals surface area contributed by atoms with Crippen molar-refractivity contribution in [2.45, 2.75) is 31.3 Å². The number of hydrogen-bond donors (Lipinski definition) is 4. The summed E-state index contributed by atoms with van der Waals surface area (Å²) in [5, 5.41) is 16.8. The lowest BCUT2D eigenvalue weighted by Gasteiger charge is -2.26. The second-order valence-corrected chi connectivity index (χ2v) is 6.96. The van der Waals surface area contributed by atoms with E-state index in [1.807, 2.05) is 0 Å². The fourth-order valence-electron chi connectivity index (χ4n) is 3.30. The van der Waals surface area contributed by atoms with E-state index in [4.69, 9.17) is 10.2 Å². The van der Waals surface area contributed by atoms with Gasteiger partial charge in [0.25, 0.3) is 0 Å². The maximum absolute atomic E-state index is 14.1. The average molecular weight is 406 g/mol. The highest BCUT2D eigenvalue weighted by atomic mass is 19.1. The van der Waals surface area contributed by atoms with E-state index in [9.17, 15) is 18.0 Å². The summed E-state index contributed by atoms with van der Waals surface area (Å²) < 4.78 is 40.8. The van der Waals surface area contributed by atoms with Gasteiger partial charge in [0.15, 0.2) is 6.10 Å². The Hall–Kier alpha value is -2.84. The van der Waals surface area contributed by atoms with Crippen molar-refractivity contribution < 1.29 is 28.2 Å². The number of fused-ring (bicyclic) bond motifs is 1. The number of H-pyrrole nitrogens is 1. The first-order chi connectivity index (χ1) is 13.8. The Labute approximate surface area is 165 Å². The summed E-state index contributed by atoms with van der Waals surface area (Å²) in [5.41, 5.74) is 7.33. The lowest BCUT2D eigenvalue weighted by Crippen LogP contribution is -2.30. The topological polar surface area (TPSA) is 99.3 Å². The number of rotatable bonds is 4. The number of aromatic nitrogens is 1. The van der Waals surface area contributed by atoms with Gasteiger partial charge in [-0.3, -0.25) is 4.79 Å². The van der Waals surface area contributed by atoms with Crippen LogP contribution in [-0.2, 0) is 4.79 Å². The normalized spacial score (nSPS) is 14.8. The van der Waals surface area contributed by atoms with E-state index in [0.29, 0.717) is 16.8 Å². The highest BCUT2D eigenvalue weighted by Crippen LogP contribution is 2.45. The van der Waals surface area contributed by atoms with Gasteiger partial charge in [-0.25, -0.2) is 13.2 Å². The number of nitrogens with two attached hydrogens (primary N) is 1. The summed E-state index contributed by atoms with van der Waals surface area (Å²) in [6.07, 6.45) is 1.75. The zero-order valence-electron chi connectivity index (χ0n) is 15.5. The second-order valence-electron chi connectivity index (χ2n) is 6.96. The van der Waals surface area contributed by atoms with Gasteiger partial charge in [-0.1, -0.05) is 6.42 Å². The molecule has 2 aromatic carbocycles. The molecule has 8 heteroatoms. The molecule has 1 amide bonds. The van der Waals surface area contributed by atoms with E-state index < -0.39 is 30.3 Å². The predicted molar refractivity (Wildman–Crippen MR) is 102 cm³/mol. The number of benzene rings is 2. The van der Waals surface area contributed by atoms with Crippen molar-refractivity contribution in [3.8, 4) is 11.3 Å². The van der Waals surface area contributed by atoms with Gasteiger partial charge < -0.3 is 20.9 Å². The number of aliphatic hydroxyl groups excluding tert-OH is 2. The molecule has 0 saturated heterocycles. The van der Waals surface area contributed by atoms with Crippen LogP contribution < -0.4 is 5.73 Å². The fraction of sp³-hybridized carbons (Fsp3) is 0.286. The fourth-order valence-corrected chi connectivity index (χ4v) is 3.30. The monoisotopic (exact) mass is 406 g/mol. The van der Waals surface area contributed by atoms with Gasteiger partial charge in [0.1, 0.15) is 17.5 Å². The molecule has 0 aliphatic heterocycles. The zero-order chi connectivity index (χ0) is 21.1. The van der Waals surface area contributed by atoms with Gasteiger partial charge in [-0.05, 0) is 60.2 Å². The quantitative estimate of drug-likeness (QED) is 0.535. The van der Waals surface area contributed by atoms with Crippen molar-refractivity contribution in [3.05, 3.63) is 59.4 Å². The number of primary amides is 1. The SMILES string of the molecule is Fc1ccc(-c2[nH]c3c(F)cc(F)cc3c2C2CCC2)cc1.NC(=O)C(O)CO. The van der Waals surface area contributed by atoms with Crippen LogP contribution in [0.2, 0.25) is 0 Å². The van der Waals surface area contributed by atoms with Gasteiger partial charge in [-0.2, -0.15) is 0 Å². The molecule has 0 bridgehead atoms. The van der Waals surface area contributed by atoms with Crippen LogP contribution in [0.1, 0.15) is 30.7 Å². The van der Waals surface area contributed by atoms with Crippen molar-refractivity contribution in [2.75, 3.05) is 6.61 Å². The molecule has 5 nitrogen and oxygen atoms in total. The van der Waals surface area contributed by atoms with E-state index in [-0.39, 0.29) is 5.82 Å². The van der Waals surface area contributed by atoms with Crippen LogP contribution in [0, 0.1) is 17.5 Å². The van der Waals surface area contributed by atoms with Crippen LogP contribution in [0.5, 0.6) is 0 Å². The van der Waals surface area contributed by atoms with Crippen LogP contribution in [0.3, 0.4) is 0 Å². The highest BCUT2D eigenvalue weighted by Gasteiger charge is 2.27. The molecule has 5 N–H and O–H groups in total. The number of aliphatic hydroxyl groups is 2. The molecular weight excluding hydrogens is 385 g/mol. The summed E-state index contributed by atoms with van der Waals surface area (Å²) in [4.78, 5) is 12.8. The summed E-state index contributed by atoms with van der Waals surface area (Å²) in [6.45, 7) is -0.602. The van der Waals surface area contributed by atoms with Crippen molar-refractivity contribution in [3.63, 3.8) is 0 Å². The van der Waals surface area contributed by atoms with E-state index in [1.165, 1.54) is 18.2 Å². The third-order valence-electron chi connectivity index (χ3n) is 5.01. The molecule has 3 aromatic rings. The molecule has 1 aliphatic carbocycles. The first kappa shape index (κ1) is 20.9. The van der Waals surface area contributed by atoms with Gasteiger partial charge >= 0.3 is 0 Å². The number of halogens is 3. The number of hydrogen-bond acceptors (Lipinski definition) is 3. The number of aromatic amines is 1. The van der Waals surface area contributed by atoms with E-state index in [2.05, 4.69) is 10.7 Å². The highest BCUT2D eigenvalue weighted by molar-refractivity contribution is 5.92. The Morgan fingerprint density at radius 3 is 2.28 bits per heavy atom. The molecule has 1 atom stereocenters. The van der Waals surface area contributed by atoms with Crippen molar-refractivity contribution in [1.82, 2.24) is 4.98 Å². The molecule has 1 aromatic heterocycles. The molecule has 0 radical (unpaired) electrons. The first-order valence-electron chi connectivity index (χ1n) is 9.16. The largest absolute Gasteiger partial charge is 0.393 e. The number of amides is 1. The molecule has 1 fully saturated rings. The molecule has 1 saturated carbocycles. The van der Waals surface area contributed by atoms with Crippen LogP contribution in [0.15, 0.2) is 36.4 Å². The second kappa shape index (κ2) is 8.67. The summed E-state index contributed by atoms with van der Waals surface area (Å²) in [7, 11) is 0. The number of carbonyl (C=O) groups excluding carboxylic acids is 1. The predicted octanol–water partition coefficient (Wildman–Crippen LogP) is 3.34. The van der Waals surface area contributed by atoms with Crippen molar-refractivity contribution in [1.29, 1.82) is 0 Å². The van der Waals surface area contributed by atoms with Gasteiger partial charge in [0.2, 0.25) is 5.91 Å². The maximum atomic E-state index is 14.1.